The Balaban J connectivity index is 1.09. The lowest BCUT2D eigenvalue weighted by molar-refractivity contribution is -0.127. The standard InChI is InChI=1S/C43H51N7O3/c1-3-28-10-7-11-29(16-15-28)27-44-40(51)20-18-33-43(53)47-34-25-36-39(26-35(34)45-33)50(23-9-22-48-21-8-14-41(48)52)42(46-36)30-17-19-38-32(24-30)31-12-5-6-13-37(31)49(38)4-2/h5-6,12-13,17,19,24-26,28-29H,3-4,7-11,14-16,18,20-23,27H2,1-2H3,(H,44,51)(H,47,53). The van der Waals surface area contributed by atoms with Gasteiger partial charge in [-0.25, -0.2) is 9.97 Å². The topological polar surface area (TPSA) is 118 Å². The van der Waals surface area contributed by atoms with Crippen LogP contribution in [0.4, 0.5) is 0 Å². The Labute approximate surface area is 310 Å². The minimum absolute atomic E-state index is 0.0312. The maximum Gasteiger partial charge on any atom is 0.270 e. The van der Waals surface area contributed by atoms with Crippen LogP contribution >= 0.6 is 0 Å². The van der Waals surface area contributed by atoms with Crippen LogP contribution in [0.15, 0.2) is 59.4 Å². The molecule has 276 valence electrons. The molecule has 3 aromatic carbocycles. The van der Waals surface area contributed by atoms with Crippen molar-refractivity contribution in [2.45, 2.75) is 97.6 Å². The van der Waals surface area contributed by atoms with Crippen LogP contribution in [0.5, 0.6) is 0 Å². The molecule has 2 unspecified atom stereocenters. The molecule has 1 saturated carbocycles. The van der Waals surface area contributed by atoms with E-state index in [1.807, 2.05) is 17.0 Å². The Kier molecular flexibility index (Phi) is 10.0. The van der Waals surface area contributed by atoms with Crippen molar-refractivity contribution in [3.63, 3.8) is 0 Å². The van der Waals surface area contributed by atoms with Crippen molar-refractivity contribution in [1.82, 2.24) is 34.3 Å². The fraction of sp³-hybridized carbons (Fsp3) is 0.465. The summed E-state index contributed by atoms with van der Waals surface area (Å²) in [7, 11) is 0. The number of carbonyl (C=O) groups is 2. The van der Waals surface area contributed by atoms with Gasteiger partial charge in [0.05, 0.1) is 22.1 Å². The van der Waals surface area contributed by atoms with Crippen molar-refractivity contribution in [2.75, 3.05) is 19.6 Å². The lowest BCUT2D eigenvalue weighted by atomic mass is 9.96. The second-order valence-corrected chi connectivity index (χ2v) is 15.2. The second kappa shape index (κ2) is 15.2. The Morgan fingerprint density at radius 1 is 0.849 bits per heavy atom. The third-order valence-corrected chi connectivity index (χ3v) is 11.9. The molecule has 2 fully saturated rings. The van der Waals surface area contributed by atoms with E-state index < -0.39 is 0 Å². The van der Waals surface area contributed by atoms with E-state index in [0.29, 0.717) is 48.7 Å². The van der Waals surface area contributed by atoms with Crippen molar-refractivity contribution in [3.8, 4) is 11.4 Å². The summed E-state index contributed by atoms with van der Waals surface area (Å²) in [6.07, 6.45) is 10.2. The molecule has 0 spiro atoms. The summed E-state index contributed by atoms with van der Waals surface area (Å²) in [5.74, 6) is 2.39. The van der Waals surface area contributed by atoms with E-state index in [1.54, 1.807) is 0 Å². The number of nitrogens with zero attached hydrogens (tertiary/aromatic N) is 5. The van der Waals surface area contributed by atoms with Gasteiger partial charge in [0, 0.05) is 79.4 Å². The van der Waals surface area contributed by atoms with Crippen molar-refractivity contribution < 1.29 is 9.59 Å². The van der Waals surface area contributed by atoms with E-state index in [0.717, 1.165) is 54.3 Å². The number of likely N-dealkylation sites (tertiary alicyclic amines) is 1. The van der Waals surface area contributed by atoms with Crippen LogP contribution in [0.3, 0.4) is 0 Å². The van der Waals surface area contributed by atoms with E-state index in [4.69, 9.17) is 9.97 Å². The molecule has 1 aliphatic heterocycles. The van der Waals surface area contributed by atoms with E-state index in [2.05, 4.69) is 75.7 Å². The quantitative estimate of drug-likeness (QED) is 0.126. The Bertz CT molecular complexity index is 2370. The summed E-state index contributed by atoms with van der Waals surface area (Å²) in [5.41, 5.74) is 6.49. The first-order chi connectivity index (χ1) is 25.9. The molecule has 4 heterocycles. The molecule has 2 atom stereocenters. The van der Waals surface area contributed by atoms with Crippen LogP contribution in [0.2, 0.25) is 0 Å². The molecular weight excluding hydrogens is 663 g/mol. The zero-order valence-electron chi connectivity index (χ0n) is 31.1. The number of nitrogens with one attached hydrogen (secondary N) is 2. The number of carbonyl (C=O) groups excluding carboxylic acids is 2. The van der Waals surface area contributed by atoms with Crippen molar-refractivity contribution in [1.29, 1.82) is 0 Å². The van der Waals surface area contributed by atoms with Gasteiger partial charge in [0.2, 0.25) is 11.8 Å². The molecule has 6 aromatic rings. The van der Waals surface area contributed by atoms with E-state index in [1.165, 1.54) is 60.3 Å². The summed E-state index contributed by atoms with van der Waals surface area (Å²) in [5, 5.41) is 5.54. The molecule has 3 aromatic heterocycles. The normalized spacial score (nSPS) is 18.2. The predicted octanol–water partition coefficient (Wildman–Crippen LogP) is 7.74. The van der Waals surface area contributed by atoms with Crippen LogP contribution in [0.25, 0.3) is 55.3 Å². The first kappa shape index (κ1) is 35.1. The number of aryl methyl sites for hydroxylation is 3. The minimum atomic E-state index is -0.272. The smallest absolute Gasteiger partial charge is 0.270 e. The Morgan fingerprint density at radius 2 is 1.68 bits per heavy atom. The highest BCUT2D eigenvalue weighted by Gasteiger charge is 2.22. The summed E-state index contributed by atoms with van der Waals surface area (Å²) in [4.78, 5) is 53.5. The number of aromatic amines is 1. The Hall–Kier alpha value is -4.99. The molecular formula is C43H51N7O3. The van der Waals surface area contributed by atoms with Crippen LogP contribution < -0.4 is 10.9 Å². The number of imidazole rings is 1. The molecule has 8 rings (SSSR count). The van der Waals surface area contributed by atoms with Gasteiger partial charge in [0.25, 0.3) is 5.56 Å². The Morgan fingerprint density at radius 3 is 2.51 bits per heavy atom. The number of H-pyrrole nitrogens is 1. The number of hydrogen-bond donors (Lipinski definition) is 2. The zero-order valence-corrected chi connectivity index (χ0v) is 31.1. The van der Waals surface area contributed by atoms with E-state index in [9.17, 15) is 14.4 Å². The van der Waals surface area contributed by atoms with Crippen LogP contribution in [-0.2, 0) is 29.1 Å². The van der Waals surface area contributed by atoms with Gasteiger partial charge in [0.1, 0.15) is 11.5 Å². The monoisotopic (exact) mass is 713 g/mol. The predicted molar refractivity (Wildman–Crippen MR) is 212 cm³/mol. The highest BCUT2D eigenvalue weighted by molar-refractivity contribution is 6.09. The number of hydrogen-bond acceptors (Lipinski definition) is 5. The van der Waals surface area contributed by atoms with E-state index in [-0.39, 0.29) is 30.2 Å². The third-order valence-electron chi connectivity index (χ3n) is 11.9. The summed E-state index contributed by atoms with van der Waals surface area (Å²) < 4.78 is 4.59. The van der Waals surface area contributed by atoms with Gasteiger partial charge in [-0.2, -0.15) is 0 Å². The van der Waals surface area contributed by atoms with Gasteiger partial charge in [-0.05, 0) is 80.8 Å². The van der Waals surface area contributed by atoms with Gasteiger partial charge in [-0.15, -0.1) is 0 Å². The molecule has 10 nitrogen and oxygen atoms in total. The van der Waals surface area contributed by atoms with Gasteiger partial charge in [-0.3, -0.25) is 14.4 Å². The molecule has 2 N–H and O–H groups in total. The molecule has 2 aliphatic rings. The first-order valence-electron chi connectivity index (χ1n) is 19.9. The fourth-order valence-electron chi connectivity index (χ4n) is 8.90. The number of aromatic nitrogens is 5. The zero-order chi connectivity index (χ0) is 36.5. The lowest BCUT2D eigenvalue weighted by Gasteiger charge is -2.16. The fourth-order valence-corrected chi connectivity index (χ4v) is 8.90. The number of benzene rings is 3. The number of fused-ring (bicyclic) bond motifs is 5. The van der Waals surface area contributed by atoms with Crippen LogP contribution in [0.1, 0.15) is 83.7 Å². The molecule has 10 heteroatoms. The summed E-state index contributed by atoms with van der Waals surface area (Å²) in [6, 6.07) is 19.0. The molecule has 53 heavy (non-hydrogen) atoms. The molecule has 0 radical (unpaired) electrons. The third kappa shape index (κ3) is 7.08. The maximum absolute atomic E-state index is 13.2. The highest BCUT2D eigenvalue weighted by atomic mass is 16.2. The number of para-hydroxylation sites is 1. The van der Waals surface area contributed by atoms with Crippen LogP contribution in [-0.4, -0.2) is 60.4 Å². The molecule has 1 aliphatic carbocycles. The minimum Gasteiger partial charge on any atom is -0.356 e. The summed E-state index contributed by atoms with van der Waals surface area (Å²) >= 11 is 0. The largest absolute Gasteiger partial charge is 0.356 e. The van der Waals surface area contributed by atoms with Crippen molar-refractivity contribution in [3.05, 3.63) is 70.6 Å². The number of rotatable bonds is 12. The lowest BCUT2D eigenvalue weighted by Crippen LogP contribution is -2.30. The van der Waals surface area contributed by atoms with Gasteiger partial charge in [0.15, 0.2) is 0 Å². The average molecular weight is 714 g/mol. The average Bonchev–Trinajstić information content (AvgIpc) is 3.78. The molecule has 2 amide bonds. The SMILES string of the molecule is CCC1CCCC(CNC(=O)CCc2nc3cc4c(cc3[nH]c2=O)nc(-c2ccc3c(c2)c2ccccc2n3CC)n4CCCN2CCCC2=O)CC1. The van der Waals surface area contributed by atoms with Crippen LogP contribution in [0, 0.1) is 11.8 Å². The van der Waals surface area contributed by atoms with Crippen molar-refractivity contribution >= 4 is 55.7 Å². The highest BCUT2D eigenvalue weighted by Crippen LogP contribution is 2.34. The maximum atomic E-state index is 13.2. The van der Waals surface area contributed by atoms with E-state index >= 15 is 0 Å². The van der Waals surface area contributed by atoms with Gasteiger partial charge in [-0.1, -0.05) is 50.8 Å². The van der Waals surface area contributed by atoms with Gasteiger partial charge >= 0.3 is 0 Å². The summed E-state index contributed by atoms with van der Waals surface area (Å²) in [6.45, 7) is 8.23. The first-order valence-corrected chi connectivity index (χ1v) is 19.9. The van der Waals surface area contributed by atoms with Gasteiger partial charge < -0.3 is 24.3 Å². The number of amides is 2. The molecule has 0 bridgehead atoms. The molecule has 1 saturated heterocycles. The van der Waals surface area contributed by atoms with Crippen molar-refractivity contribution in [2.24, 2.45) is 11.8 Å². The second-order valence-electron chi connectivity index (χ2n) is 15.2.